The van der Waals surface area contributed by atoms with Crippen LogP contribution in [0.1, 0.15) is 32.4 Å². The lowest BCUT2D eigenvalue weighted by Crippen LogP contribution is -2.38. The Morgan fingerprint density at radius 1 is 1.23 bits per heavy atom. The molecule has 4 rings (SSSR count). The average molecular weight is 430 g/mol. The van der Waals surface area contributed by atoms with Crippen LogP contribution in [0.25, 0.3) is 0 Å². The first-order valence-corrected chi connectivity index (χ1v) is 9.99. The monoisotopic (exact) mass is 430 g/mol. The molecule has 0 radical (unpaired) electrons. The summed E-state index contributed by atoms with van der Waals surface area (Å²) in [5.74, 6) is -1.15. The zero-order valence-corrected chi connectivity index (χ0v) is 16.5. The molecule has 3 aromatic rings. The fraction of sp³-hybridized carbons (Fsp3) is 0.263. The highest BCUT2D eigenvalue weighted by molar-refractivity contribution is 7.16. The molecule has 11 heteroatoms. The molecular formula is C19H18N4O6S. The second-order valence-corrected chi connectivity index (χ2v) is 7.76. The number of rotatable bonds is 7. The number of anilines is 1. The van der Waals surface area contributed by atoms with Crippen molar-refractivity contribution in [1.29, 1.82) is 0 Å². The van der Waals surface area contributed by atoms with Crippen LogP contribution in [0.2, 0.25) is 0 Å². The Morgan fingerprint density at radius 2 is 1.97 bits per heavy atom. The number of thiophene rings is 1. The van der Waals surface area contributed by atoms with Crippen LogP contribution in [0.5, 0.6) is 0 Å². The maximum Gasteiger partial charge on any atom is 0.407 e. The second-order valence-electron chi connectivity index (χ2n) is 6.71. The Hall–Kier alpha value is -3.44. The molecule has 0 bridgehead atoms. The summed E-state index contributed by atoms with van der Waals surface area (Å²) in [6.45, 7) is 0.863. The Morgan fingerprint density at radius 3 is 2.63 bits per heavy atom. The molecule has 2 aromatic heterocycles. The number of benzene rings is 1. The number of fused-ring (bicyclic) bond motifs is 1. The summed E-state index contributed by atoms with van der Waals surface area (Å²) in [6, 6.07) is 8.95. The van der Waals surface area contributed by atoms with Crippen molar-refractivity contribution in [3.8, 4) is 0 Å². The van der Waals surface area contributed by atoms with Gasteiger partial charge in [-0.25, -0.2) is 9.59 Å². The quantitative estimate of drug-likeness (QED) is 0.404. The van der Waals surface area contributed by atoms with Crippen LogP contribution in [0, 0.1) is 0 Å². The minimum Gasteiger partial charge on any atom is -0.478 e. The smallest absolute Gasteiger partial charge is 0.407 e. The van der Waals surface area contributed by atoms with Gasteiger partial charge in [-0.05, 0) is 24.1 Å². The Bertz CT molecular complexity index is 1140. The van der Waals surface area contributed by atoms with Crippen molar-refractivity contribution in [2.75, 3.05) is 18.5 Å². The molecule has 4 N–H and O–H groups in total. The third-order valence-electron chi connectivity index (χ3n) is 4.75. The van der Waals surface area contributed by atoms with E-state index in [2.05, 4.69) is 16.1 Å². The standard InChI is InChI=1S/C19H18N4O6S/c24-16-17(25)23(16)22-15-13(18(26)27)11-6-7-20-12(14(11)30-15)8-21-19(28)29-9-10-4-2-1-3-5-10/h1-5,12,20,22H,6-9H2,(H,21,28)(H,26,27). The van der Waals surface area contributed by atoms with E-state index in [1.807, 2.05) is 30.3 Å². The number of hydrogen-bond acceptors (Lipinski definition) is 8. The molecule has 0 saturated heterocycles. The topological polar surface area (TPSA) is 139 Å². The summed E-state index contributed by atoms with van der Waals surface area (Å²) >= 11 is 1.14. The van der Waals surface area contributed by atoms with Gasteiger partial charge in [0.05, 0.1) is 11.6 Å². The van der Waals surface area contributed by atoms with Gasteiger partial charge in [0.2, 0.25) is 0 Å². The van der Waals surface area contributed by atoms with Gasteiger partial charge < -0.3 is 20.5 Å². The number of carbonyl (C=O) groups is 2. The first kappa shape index (κ1) is 19.9. The molecular weight excluding hydrogens is 412 g/mol. The second kappa shape index (κ2) is 8.13. The van der Waals surface area contributed by atoms with Crippen molar-refractivity contribution in [3.05, 3.63) is 72.6 Å². The molecule has 1 aliphatic heterocycles. The number of amides is 1. The van der Waals surface area contributed by atoms with Crippen molar-refractivity contribution in [3.63, 3.8) is 0 Å². The summed E-state index contributed by atoms with van der Waals surface area (Å²) in [7, 11) is 0. The van der Waals surface area contributed by atoms with E-state index >= 15 is 0 Å². The van der Waals surface area contributed by atoms with Crippen molar-refractivity contribution < 1.29 is 19.4 Å². The lowest BCUT2D eigenvalue weighted by molar-refractivity contribution is 0.0696. The summed E-state index contributed by atoms with van der Waals surface area (Å²) in [4.78, 5) is 47.0. The van der Waals surface area contributed by atoms with Crippen LogP contribution in [-0.2, 0) is 17.8 Å². The molecule has 1 aromatic carbocycles. The van der Waals surface area contributed by atoms with Gasteiger partial charge in [0.25, 0.3) is 0 Å². The molecule has 0 spiro atoms. The van der Waals surface area contributed by atoms with Gasteiger partial charge in [-0.2, -0.15) is 4.68 Å². The molecule has 156 valence electrons. The van der Waals surface area contributed by atoms with Gasteiger partial charge in [0.15, 0.2) is 0 Å². The molecule has 3 heterocycles. The van der Waals surface area contributed by atoms with Crippen LogP contribution >= 0.6 is 11.3 Å². The fourth-order valence-electron chi connectivity index (χ4n) is 3.24. The van der Waals surface area contributed by atoms with E-state index < -0.39 is 23.2 Å². The van der Waals surface area contributed by atoms with E-state index in [1.54, 1.807) is 0 Å². The number of hydrogen-bond donors (Lipinski definition) is 4. The van der Waals surface area contributed by atoms with Crippen molar-refractivity contribution >= 4 is 28.4 Å². The van der Waals surface area contributed by atoms with E-state index in [1.165, 1.54) is 0 Å². The molecule has 0 saturated carbocycles. The number of nitrogens with one attached hydrogen (secondary N) is 3. The molecule has 0 fully saturated rings. The number of aromatic nitrogens is 1. The molecule has 1 amide bonds. The highest BCUT2D eigenvalue weighted by Gasteiger charge is 2.32. The largest absolute Gasteiger partial charge is 0.478 e. The Labute approximate surface area is 173 Å². The predicted molar refractivity (Wildman–Crippen MR) is 109 cm³/mol. The van der Waals surface area contributed by atoms with Gasteiger partial charge in [-0.1, -0.05) is 30.3 Å². The highest BCUT2D eigenvalue weighted by Crippen LogP contribution is 2.39. The number of carboxylic acid groups (broad SMARTS) is 1. The van der Waals surface area contributed by atoms with E-state index in [9.17, 15) is 24.3 Å². The first-order valence-electron chi connectivity index (χ1n) is 9.17. The number of carboxylic acids is 1. The van der Waals surface area contributed by atoms with Crippen LogP contribution in [-0.4, -0.2) is 34.9 Å². The minimum atomic E-state index is -1.15. The zero-order valence-electron chi connectivity index (χ0n) is 15.6. The van der Waals surface area contributed by atoms with Crippen molar-refractivity contribution in [2.24, 2.45) is 0 Å². The Balaban J connectivity index is 1.44. The zero-order chi connectivity index (χ0) is 21.3. The third-order valence-corrected chi connectivity index (χ3v) is 6.00. The normalized spacial score (nSPS) is 15.5. The highest BCUT2D eigenvalue weighted by atomic mass is 32.1. The van der Waals surface area contributed by atoms with E-state index in [-0.39, 0.29) is 29.8 Å². The van der Waals surface area contributed by atoms with Gasteiger partial charge in [0, 0.05) is 11.4 Å². The molecule has 10 nitrogen and oxygen atoms in total. The van der Waals surface area contributed by atoms with E-state index in [4.69, 9.17) is 4.74 Å². The van der Waals surface area contributed by atoms with Gasteiger partial charge in [0.1, 0.15) is 11.6 Å². The lowest BCUT2D eigenvalue weighted by Gasteiger charge is -2.24. The van der Waals surface area contributed by atoms with E-state index in [0.717, 1.165) is 26.5 Å². The molecule has 0 aliphatic carbocycles. The molecule has 1 atom stereocenters. The Kier molecular flexibility index (Phi) is 5.38. The van der Waals surface area contributed by atoms with Gasteiger partial charge >= 0.3 is 23.2 Å². The van der Waals surface area contributed by atoms with Gasteiger partial charge in [-0.15, -0.1) is 11.3 Å². The van der Waals surface area contributed by atoms with Crippen molar-refractivity contribution in [1.82, 2.24) is 15.3 Å². The fourth-order valence-corrected chi connectivity index (χ4v) is 4.55. The summed E-state index contributed by atoms with van der Waals surface area (Å²) < 4.78 is 5.97. The number of alkyl carbamates (subject to hydrolysis) is 1. The number of nitrogens with zero attached hydrogens (tertiary/aromatic N) is 1. The average Bonchev–Trinajstić information content (AvgIpc) is 3.13. The van der Waals surface area contributed by atoms with Gasteiger partial charge in [-0.3, -0.25) is 15.0 Å². The molecule has 30 heavy (non-hydrogen) atoms. The summed E-state index contributed by atoms with van der Waals surface area (Å²) in [6.07, 6.45) is -0.104. The lowest BCUT2D eigenvalue weighted by atomic mass is 9.99. The van der Waals surface area contributed by atoms with E-state index in [0.29, 0.717) is 18.5 Å². The maximum absolute atomic E-state index is 12.0. The SMILES string of the molecule is O=C(NCC1NCCc2c1sc(Nn1c(=O)c1=O)c2C(=O)O)OCc1ccccc1. The minimum absolute atomic E-state index is 0.0423. The van der Waals surface area contributed by atoms with Crippen LogP contribution in [0.4, 0.5) is 9.80 Å². The number of ether oxygens (including phenoxy) is 1. The summed E-state index contributed by atoms with van der Waals surface area (Å²) in [5, 5.41) is 15.8. The predicted octanol–water partition coefficient (Wildman–Crippen LogP) is 0.832. The molecule has 1 aliphatic rings. The summed E-state index contributed by atoms with van der Waals surface area (Å²) in [5.41, 5.74) is 2.69. The van der Waals surface area contributed by atoms with Crippen LogP contribution < -0.4 is 27.2 Å². The molecule has 1 unspecified atom stereocenters. The van der Waals surface area contributed by atoms with Crippen LogP contribution in [0.3, 0.4) is 0 Å². The first-order chi connectivity index (χ1) is 14.5. The third kappa shape index (κ3) is 3.98. The van der Waals surface area contributed by atoms with Crippen LogP contribution in [0.15, 0.2) is 39.9 Å². The van der Waals surface area contributed by atoms with Crippen molar-refractivity contribution in [2.45, 2.75) is 19.1 Å². The maximum atomic E-state index is 12.0. The number of aromatic carboxylic acids is 1. The number of carbonyl (C=O) groups excluding carboxylic acids is 1.